The van der Waals surface area contributed by atoms with Crippen LogP contribution >= 0.6 is 0 Å². The Hall–Kier alpha value is -0.990. The average Bonchev–Trinajstić information content (AvgIpc) is 1.68. The number of allylic oxidation sites excluding steroid dienone is 1. The number of hydrogen-bond acceptors (Lipinski definition) is 3. The fourth-order valence-electron chi connectivity index (χ4n) is 0.320. The lowest BCUT2D eigenvalue weighted by atomic mass is 10.4. The van der Waals surface area contributed by atoms with Crippen LogP contribution in [0.1, 0.15) is 6.92 Å². The predicted molar refractivity (Wildman–Crippen MR) is 34.0 cm³/mol. The smallest absolute Gasteiger partial charge is 0.0759 e. The van der Waals surface area contributed by atoms with Crippen LogP contribution in [0.5, 0.6) is 0 Å². The van der Waals surface area contributed by atoms with Gasteiger partial charge < -0.3 is 0 Å². The van der Waals surface area contributed by atoms with E-state index in [1.165, 1.54) is 6.20 Å². The Balaban J connectivity index is 3.79. The number of nitrogens with zero attached hydrogens (tertiary/aromatic N) is 2. The highest BCUT2D eigenvalue weighted by atomic mass is 16.2. The summed E-state index contributed by atoms with van der Waals surface area (Å²) in [5.74, 6) is 0. The zero-order valence-corrected chi connectivity index (χ0v) is 4.96. The van der Waals surface area contributed by atoms with Crippen LogP contribution in [0.4, 0.5) is 0 Å². The molecule has 0 rings (SSSR count). The second-order valence-corrected chi connectivity index (χ2v) is 1.37. The molecule has 0 aromatic rings. The van der Waals surface area contributed by atoms with Crippen molar-refractivity contribution in [2.24, 2.45) is 10.2 Å². The lowest BCUT2D eigenvalue weighted by Crippen LogP contribution is -1.73. The van der Waals surface area contributed by atoms with Crippen molar-refractivity contribution < 1.29 is 0 Å². The van der Waals surface area contributed by atoms with Crippen molar-refractivity contribution in [2.45, 2.75) is 6.92 Å². The standard InChI is InChI=1S/C5H8N2O/c1-5(3-6-2)4-7-8/h3-4H,1-2H3/b5-4-,6-3-. The van der Waals surface area contributed by atoms with Gasteiger partial charge >= 0.3 is 0 Å². The van der Waals surface area contributed by atoms with E-state index < -0.39 is 0 Å². The van der Waals surface area contributed by atoms with E-state index in [4.69, 9.17) is 0 Å². The Morgan fingerprint density at radius 3 is 2.62 bits per heavy atom. The first kappa shape index (κ1) is 7.01. The highest BCUT2D eigenvalue weighted by Gasteiger charge is 1.76. The summed E-state index contributed by atoms with van der Waals surface area (Å²) in [4.78, 5) is 13.2. The van der Waals surface area contributed by atoms with E-state index in [9.17, 15) is 4.91 Å². The van der Waals surface area contributed by atoms with Crippen LogP contribution in [0, 0.1) is 4.91 Å². The lowest BCUT2D eigenvalue weighted by Gasteiger charge is -1.79. The largest absolute Gasteiger partial charge is 0.296 e. The van der Waals surface area contributed by atoms with Crippen molar-refractivity contribution in [1.29, 1.82) is 0 Å². The second-order valence-electron chi connectivity index (χ2n) is 1.37. The zero-order valence-electron chi connectivity index (χ0n) is 4.96. The van der Waals surface area contributed by atoms with Crippen molar-refractivity contribution in [3.05, 3.63) is 16.7 Å². The lowest BCUT2D eigenvalue weighted by molar-refractivity contribution is 1.41. The first-order chi connectivity index (χ1) is 3.81. The first-order valence-electron chi connectivity index (χ1n) is 2.22. The molecule has 0 saturated carbocycles. The molecule has 0 fully saturated rings. The molecule has 3 nitrogen and oxygen atoms in total. The van der Waals surface area contributed by atoms with Gasteiger partial charge in [-0.3, -0.25) is 4.99 Å². The van der Waals surface area contributed by atoms with Gasteiger partial charge in [0.2, 0.25) is 0 Å². The third-order valence-electron chi connectivity index (χ3n) is 0.589. The minimum absolute atomic E-state index is 0.766. The van der Waals surface area contributed by atoms with Gasteiger partial charge in [-0.25, -0.2) is 0 Å². The summed E-state index contributed by atoms with van der Waals surface area (Å²) in [7, 11) is 1.64. The fraction of sp³-hybridized carbons (Fsp3) is 0.400. The number of nitroso groups, excluding NO2 is 1. The summed E-state index contributed by atoms with van der Waals surface area (Å²) >= 11 is 0. The molecule has 8 heavy (non-hydrogen) atoms. The van der Waals surface area contributed by atoms with Gasteiger partial charge in [-0.05, 0) is 17.7 Å². The maximum Gasteiger partial charge on any atom is 0.0759 e. The van der Waals surface area contributed by atoms with E-state index in [1.807, 2.05) is 0 Å². The van der Waals surface area contributed by atoms with E-state index in [0.29, 0.717) is 0 Å². The molecular weight excluding hydrogens is 104 g/mol. The summed E-state index contributed by atoms with van der Waals surface area (Å²) in [6.45, 7) is 1.76. The molecule has 0 aliphatic carbocycles. The van der Waals surface area contributed by atoms with Gasteiger partial charge in [-0.1, -0.05) is 0 Å². The van der Waals surface area contributed by atoms with E-state index in [1.54, 1.807) is 20.2 Å². The predicted octanol–water partition coefficient (Wildman–Crippen LogP) is 1.36. The molecule has 0 aromatic carbocycles. The van der Waals surface area contributed by atoms with E-state index in [0.717, 1.165) is 5.57 Å². The molecule has 0 aliphatic rings. The minimum Gasteiger partial charge on any atom is -0.296 e. The van der Waals surface area contributed by atoms with E-state index in [-0.39, 0.29) is 0 Å². The van der Waals surface area contributed by atoms with Gasteiger partial charge in [0.1, 0.15) is 0 Å². The Kier molecular flexibility index (Phi) is 3.66. The van der Waals surface area contributed by atoms with Crippen LogP contribution < -0.4 is 0 Å². The van der Waals surface area contributed by atoms with Gasteiger partial charge in [0, 0.05) is 13.3 Å². The second kappa shape index (κ2) is 4.18. The quantitative estimate of drug-likeness (QED) is 0.392. The van der Waals surface area contributed by atoms with Gasteiger partial charge in [0.05, 0.1) is 6.20 Å². The average molecular weight is 112 g/mol. The van der Waals surface area contributed by atoms with Crippen LogP contribution in [0.3, 0.4) is 0 Å². The highest BCUT2D eigenvalue weighted by molar-refractivity contribution is 5.77. The van der Waals surface area contributed by atoms with Crippen molar-refractivity contribution in [2.75, 3.05) is 7.05 Å². The molecule has 0 atom stereocenters. The molecule has 0 unspecified atom stereocenters. The maximum absolute atomic E-state index is 9.50. The molecular formula is C5H8N2O. The summed E-state index contributed by atoms with van der Waals surface area (Å²) in [6.07, 6.45) is 2.79. The Morgan fingerprint density at radius 2 is 2.25 bits per heavy atom. The Labute approximate surface area is 48.1 Å². The fourth-order valence-corrected chi connectivity index (χ4v) is 0.320. The molecule has 0 radical (unpaired) electrons. The van der Waals surface area contributed by atoms with E-state index >= 15 is 0 Å². The van der Waals surface area contributed by atoms with Crippen molar-refractivity contribution >= 4 is 6.21 Å². The molecule has 0 spiro atoms. The Bertz CT molecular complexity index is 126. The highest BCUT2D eigenvalue weighted by Crippen LogP contribution is 1.85. The monoisotopic (exact) mass is 112 g/mol. The molecule has 0 heterocycles. The maximum atomic E-state index is 9.50. The summed E-state index contributed by atoms with van der Waals surface area (Å²) in [5.41, 5.74) is 0.766. The van der Waals surface area contributed by atoms with Gasteiger partial charge in [0.15, 0.2) is 0 Å². The topological polar surface area (TPSA) is 41.8 Å². The summed E-state index contributed by atoms with van der Waals surface area (Å²) in [6, 6.07) is 0. The SMILES string of the molecule is C/N=C\C(C)=C/N=O. The molecule has 0 aromatic heterocycles. The molecule has 3 heteroatoms. The molecule has 44 valence electrons. The summed E-state index contributed by atoms with van der Waals surface area (Å²) < 4.78 is 0. The zero-order chi connectivity index (χ0) is 6.41. The minimum atomic E-state index is 0.766. The Morgan fingerprint density at radius 1 is 1.62 bits per heavy atom. The van der Waals surface area contributed by atoms with Crippen LogP contribution in [-0.4, -0.2) is 13.3 Å². The molecule has 0 saturated heterocycles. The van der Waals surface area contributed by atoms with Crippen LogP contribution in [0.15, 0.2) is 21.9 Å². The third kappa shape index (κ3) is 3.21. The molecule has 0 aliphatic heterocycles. The van der Waals surface area contributed by atoms with Gasteiger partial charge in [0.25, 0.3) is 0 Å². The number of rotatable bonds is 2. The summed E-state index contributed by atoms with van der Waals surface area (Å²) in [5, 5.41) is 2.55. The van der Waals surface area contributed by atoms with Crippen LogP contribution in [-0.2, 0) is 0 Å². The van der Waals surface area contributed by atoms with Crippen LogP contribution in [0.2, 0.25) is 0 Å². The first-order valence-corrected chi connectivity index (χ1v) is 2.22. The van der Waals surface area contributed by atoms with Crippen LogP contribution in [0.25, 0.3) is 0 Å². The van der Waals surface area contributed by atoms with Crippen molar-refractivity contribution in [3.8, 4) is 0 Å². The molecule has 0 bridgehead atoms. The number of aliphatic imine (C=N–C) groups is 1. The van der Waals surface area contributed by atoms with E-state index in [2.05, 4.69) is 10.2 Å². The van der Waals surface area contributed by atoms with Gasteiger partial charge in [-0.2, -0.15) is 0 Å². The third-order valence-corrected chi connectivity index (χ3v) is 0.589. The number of hydrogen-bond donors (Lipinski definition) is 0. The van der Waals surface area contributed by atoms with Gasteiger partial charge in [-0.15, -0.1) is 4.91 Å². The molecule has 0 N–H and O–H groups in total. The molecule has 0 amide bonds. The van der Waals surface area contributed by atoms with Crippen molar-refractivity contribution in [3.63, 3.8) is 0 Å². The normalized spacial score (nSPS) is 12.5. The van der Waals surface area contributed by atoms with Crippen molar-refractivity contribution in [1.82, 2.24) is 0 Å².